The third-order valence-corrected chi connectivity index (χ3v) is 4.55. The summed E-state index contributed by atoms with van der Waals surface area (Å²) in [5.74, 6) is 0.428. The van der Waals surface area contributed by atoms with E-state index < -0.39 is 0 Å². The van der Waals surface area contributed by atoms with Gasteiger partial charge in [-0.05, 0) is 37.6 Å². The van der Waals surface area contributed by atoms with Crippen LogP contribution in [-0.4, -0.2) is 44.9 Å². The predicted octanol–water partition coefficient (Wildman–Crippen LogP) is 3.08. The molecule has 7 nitrogen and oxygen atoms in total. The second kappa shape index (κ2) is 7.90. The molecule has 3 aromatic rings. The largest absolute Gasteiger partial charge is 0.480 e. The van der Waals surface area contributed by atoms with Crippen LogP contribution >= 0.6 is 0 Å². The van der Waals surface area contributed by atoms with Crippen molar-refractivity contribution < 1.29 is 9.53 Å². The molecule has 138 valence electrons. The van der Waals surface area contributed by atoms with Crippen molar-refractivity contribution in [2.75, 3.05) is 14.2 Å². The summed E-state index contributed by atoms with van der Waals surface area (Å²) in [6, 6.07) is 9.00. The molecular weight excluding hydrogens is 342 g/mol. The summed E-state index contributed by atoms with van der Waals surface area (Å²) in [6.45, 7) is 3.83. The first kappa shape index (κ1) is 18.4. The topological polar surface area (TPSA) is 81.1 Å². The molecule has 1 atom stereocenters. The van der Waals surface area contributed by atoms with E-state index in [1.807, 2.05) is 32.0 Å². The van der Waals surface area contributed by atoms with E-state index >= 15 is 0 Å². The minimum atomic E-state index is -0.162. The zero-order chi connectivity index (χ0) is 19.4. The van der Waals surface area contributed by atoms with E-state index in [0.717, 1.165) is 22.5 Å². The number of ether oxygens (including phenoxy) is 1. The highest BCUT2D eigenvalue weighted by molar-refractivity contribution is 5.95. The van der Waals surface area contributed by atoms with Gasteiger partial charge >= 0.3 is 0 Å². The lowest BCUT2D eigenvalue weighted by Crippen LogP contribution is -2.30. The van der Waals surface area contributed by atoms with Gasteiger partial charge in [-0.3, -0.25) is 4.79 Å². The average molecular weight is 363 g/mol. The fraction of sp³-hybridized carbons (Fsp3) is 0.250. The Balaban J connectivity index is 1.84. The lowest BCUT2D eigenvalue weighted by atomic mass is 10.0. The lowest BCUT2D eigenvalue weighted by molar-refractivity contribution is 0.0739. The first-order valence-corrected chi connectivity index (χ1v) is 8.52. The second-order valence-electron chi connectivity index (χ2n) is 6.15. The molecule has 7 heteroatoms. The standard InChI is InChI=1S/C20H21N5O2/c1-13-18(19(27-4)24-12-22-13)15-5-7-16(8-6-15)20(26)25(3)14(2)17-9-10-21-11-23-17/h5-12,14H,1-4H3. The van der Waals surface area contributed by atoms with E-state index in [2.05, 4.69) is 19.9 Å². The van der Waals surface area contributed by atoms with Gasteiger partial charge in [0, 0.05) is 18.8 Å². The quantitative estimate of drug-likeness (QED) is 0.693. The first-order chi connectivity index (χ1) is 13.0. The number of aryl methyl sites for hydroxylation is 1. The highest BCUT2D eigenvalue weighted by Gasteiger charge is 2.20. The molecule has 0 saturated heterocycles. The molecule has 3 rings (SSSR count). The Bertz CT molecular complexity index is 929. The lowest BCUT2D eigenvalue weighted by Gasteiger charge is -2.24. The van der Waals surface area contributed by atoms with Crippen LogP contribution in [0.1, 0.15) is 34.7 Å². The third kappa shape index (κ3) is 3.76. The van der Waals surface area contributed by atoms with Gasteiger partial charge in [-0.1, -0.05) is 12.1 Å². The zero-order valence-electron chi connectivity index (χ0n) is 15.7. The van der Waals surface area contributed by atoms with Gasteiger partial charge in [0.2, 0.25) is 5.88 Å². The number of hydrogen-bond acceptors (Lipinski definition) is 6. The molecule has 0 radical (unpaired) electrons. The van der Waals surface area contributed by atoms with Crippen molar-refractivity contribution in [3.8, 4) is 17.0 Å². The number of carbonyl (C=O) groups is 1. The Kier molecular flexibility index (Phi) is 5.40. The number of aromatic nitrogens is 4. The fourth-order valence-corrected chi connectivity index (χ4v) is 2.84. The van der Waals surface area contributed by atoms with Crippen LogP contribution in [0.15, 0.2) is 49.2 Å². The zero-order valence-corrected chi connectivity index (χ0v) is 15.7. The van der Waals surface area contributed by atoms with Crippen molar-refractivity contribution in [1.29, 1.82) is 0 Å². The van der Waals surface area contributed by atoms with E-state index in [1.165, 1.54) is 12.7 Å². The van der Waals surface area contributed by atoms with E-state index in [-0.39, 0.29) is 11.9 Å². The molecule has 0 aliphatic heterocycles. The van der Waals surface area contributed by atoms with Crippen LogP contribution in [0.3, 0.4) is 0 Å². The Morgan fingerprint density at radius 3 is 2.44 bits per heavy atom. The summed E-state index contributed by atoms with van der Waals surface area (Å²) >= 11 is 0. The maximum atomic E-state index is 12.8. The van der Waals surface area contributed by atoms with Gasteiger partial charge in [0.05, 0.1) is 30.1 Å². The minimum Gasteiger partial charge on any atom is -0.480 e. The van der Waals surface area contributed by atoms with Crippen LogP contribution in [0.25, 0.3) is 11.1 Å². The van der Waals surface area contributed by atoms with Crippen molar-refractivity contribution in [1.82, 2.24) is 24.8 Å². The molecule has 2 aromatic heterocycles. The molecule has 0 aliphatic rings. The van der Waals surface area contributed by atoms with E-state index in [1.54, 1.807) is 37.4 Å². The van der Waals surface area contributed by atoms with E-state index in [4.69, 9.17) is 4.74 Å². The van der Waals surface area contributed by atoms with E-state index in [0.29, 0.717) is 11.4 Å². The highest BCUT2D eigenvalue weighted by Crippen LogP contribution is 2.30. The number of hydrogen-bond donors (Lipinski definition) is 0. The SMILES string of the molecule is COc1ncnc(C)c1-c1ccc(C(=O)N(C)C(C)c2ccncn2)cc1. The predicted molar refractivity (Wildman–Crippen MR) is 101 cm³/mol. The Labute approximate surface area is 158 Å². The molecule has 0 bridgehead atoms. The number of rotatable bonds is 5. The number of amides is 1. The van der Waals surface area contributed by atoms with Gasteiger partial charge in [-0.25, -0.2) is 19.9 Å². The van der Waals surface area contributed by atoms with Crippen molar-refractivity contribution >= 4 is 5.91 Å². The normalized spacial score (nSPS) is 11.7. The van der Waals surface area contributed by atoms with Crippen LogP contribution in [0.4, 0.5) is 0 Å². The molecule has 1 aromatic carbocycles. The Morgan fingerprint density at radius 2 is 1.81 bits per heavy atom. The van der Waals surface area contributed by atoms with Crippen LogP contribution in [0.5, 0.6) is 5.88 Å². The molecule has 27 heavy (non-hydrogen) atoms. The van der Waals surface area contributed by atoms with Gasteiger partial charge in [0.15, 0.2) is 0 Å². The highest BCUT2D eigenvalue weighted by atomic mass is 16.5. The minimum absolute atomic E-state index is 0.0827. The molecular formula is C20H21N5O2. The summed E-state index contributed by atoms with van der Waals surface area (Å²) in [7, 11) is 3.34. The van der Waals surface area contributed by atoms with Crippen molar-refractivity contribution in [2.24, 2.45) is 0 Å². The molecule has 2 heterocycles. The summed E-state index contributed by atoms with van der Waals surface area (Å²) in [5, 5.41) is 0. The monoisotopic (exact) mass is 363 g/mol. The molecule has 0 fully saturated rings. The molecule has 1 unspecified atom stereocenters. The summed E-state index contributed by atoms with van der Waals surface area (Å²) < 4.78 is 5.34. The molecule has 0 aliphatic carbocycles. The second-order valence-corrected chi connectivity index (χ2v) is 6.15. The van der Waals surface area contributed by atoms with Crippen LogP contribution in [0.2, 0.25) is 0 Å². The third-order valence-electron chi connectivity index (χ3n) is 4.55. The first-order valence-electron chi connectivity index (χ1n) is 8.52. The number of methoxy groups -OCH3 is 1. The summed E-state index contributed by atoms with van der Waals surface area (Å²) in [5.41, 5.74) is 3.92. The fourth-order valence-electron chi connectivity index (χ4n) is 2.84. The smallest absolute Gasteiger partial charge is 0.254 e. The van der Waals surface area contributed by atoms with Crippen LogP contribution in [0, 0.1) is 6.92 Å². The number of benzene rings is 1. The maximum absolute atomic E-state index is 12.8. The molecule has 0 spiro atoms. The van der Waals surface area contributed by atoms with Crippen molar-refractivity contribution in [3.05, 3.63) is 66.1 Å². The average Bonchev–Trinajstić information content (AvgIpc) is 2.72. The molecule has 1 amide bonds. The Morgan fingerprint density at radius 1 is 1.07 bits per heavy atom. The maximum Gasteiger partial charge on any atom is 0.254 e. The van der Waals surface area contributed by atoms with Gasteiger partial charge in [-0.15, -0.1) is 0 Å². The van der Waals surface area contributed by atoms with Gasteiger partial charge < -0.3 is 9.64 Å². The number of carbonyl (C=O) groups excluding carboxylic acids is 1. The van der Waals surface area contributed by atoms with Crippen LogP contribution < -0.4 is 4.74 Å². The van der Waals surface area contributed by atoms with Gasteiger partial charge in [-0.2, -0.15) is 0 Å². The summed E-state index contributed by atoms with van der Waals surface area (Å²) in [6.07, 6.45) is 4.62. The Hall–Kier alpha value is -3.35. The number of nitrogens with zero attached hydrogens (tertiary/aromatic N) is 5. The molecule has 0 saturated carbocycles. The van der Waals surface area contributed by atoms with Gasteiger partial charge in [0.25, 0.3) is 5.91 Å². The molecule has 0 N–H and O–H groups in total. The van der Waals surface area contributed by atoms with Crippen molar-refractivity contribution in [2.45, 2.75) is 19.9 Å². The van der Waals surface area contributed by atoms with Crippen LogP contribution in [-0.2, 0) is 0 Å². The van der Waals surface area contributed by atoms with E-state index in [9.17, 15) is 4.79 Å². The van der Waals surface area contributed by atoms with Gasteiger partial charge in [0.1, 0.15) is 12.7 Å². The summed E-state index contributed by atoms with van der Waals surface area (Å²) in [4.78, 5) is 31.0. The van der Waals surface area contributed by atoms with Crippen molar-refractivity contribution in [3.63, 3.8) is 0 Å².